The Labute approximate surface area is 297 Å². The van der Waals surface area contributed by atoms with Crippen LogP contribution in [0.4, 0.5) is 5.69 Å². The van der Waals surface area contributed by atoms with Crippen LogP contribution in [0, 0.1) is 0 Å². The fourth-order valence-electron chi connectivity index (χ4n) is 8.38. The van der Waals surface area contributed by atoms with E-state index < -0.39 is 11.5 Å². The molecule has 0 aliphatic carbocycles. The molecule has 244 valence electrons. The van der Waals surface area contributed by atoms with Gasteiger partial charge < -0.3 is 14.7 Å². The molecule has 0 fully saturated rings. The average Bonchev–Trinajstić information content (AvgIpc) is 3.69. The summed E-state index contributed by atoms with van der Waals surface area (Å²) in [5.74, 6) is 0.419. The third kappa shape index (κ3) is 3.87. The minimum atomic E-state index is -0.963. The van der Waals surface area contributed by atoms with Crippen LogP contribution in [0.3, 0.4) is 0 Å². The van der Waals surface area contributed by atoms with Crippen molar-refractivity contribution in [1.82, 2.24) is 0 Å². The van der Waals surface area contributed by atoms with E-state index in [2.05, 4.69) is 112 Å². The number of anilines is 1. The largest absolute Gasteiger partial charge is 0.478 e. The minimum absolute atomic E-state index is 0.255. The van der Waals surface area contributed by atoms with Crippen molar-refractivity contribution >= 4 is 60.1 Å². The Bertz CT molecular complexity index is 2800. The van der Waals surface area contributed by atoms with Gasteiger partial charge in [-0.15, -0.1) is 22.7 Å². The molecule has 0 radical (unpaired) electrons. The molecule has 0 atom stereocenters. The second-order valence-corrected chi connectivity index (χ2v) is 16.6. The Kier molecular flexibility index (Phi) is 5.89. The van der Waals surface area contributed by atoms with Crippen molar-refractivity contribution < 1.29 is 14.6 Å². The summed E-state index contributed by atoms with van der Waals surface area (Å²) in [5, 5.41) is 14.7. The maximum Gasteiger partial charge on any atom is 0.336 e. The van der Waals surface area contributed by atoms with E-state index in [9.17, 15) is 9.90 Å². The monoisotopic (exact) mass is 688 g/mol. The van der Waals surface area contributed by atoms with E-state index in [0.29, 0.717) is 17.1 Å². The van der Waals surface area contributed by atoms with Gasteiger partial charge in [-0.2, -0.15) is 0 Å². The molecule has 3 aliphatic heterocycles. The molecule has 5 heterocycles. The first-order valence-corrected chi connectivity index (χ1v) is 18.4. The summed E-state index contributed by atoms with van der Waals surface area (Å²) in [6.45, 7) is 8.91. The fourth-order valence-corrected chi connectivity index (χ4v) is 11.1. The Hall–Kier alpha value is -5.24. The molecule has 7 aromatic rings. The van der Waals surface area contributed by atoms with E-state index in [0.717, 1.165) is 38.5 Å². The number of carboxylic acids is 1. The maximum atomic E-state index is 12.8. The number of benzene rings is 5. The van der Waals surface area contributed by atoms with Crippen LogP contribution < -0.4 is 20.2 Å². The Morgan fingerprint density at radius 1 is 0.720 bits per heavy atom. The number of hydrogen-bond acceptors (Lipinski definition) is 6. The zero-order chi connectivity index (χ0) is 34.3. The molecule has 7 heteroatoms. The lowest BCUT2D eigenvalue weighted by Crippen LogP contribution is -2.41. The summed E-state index contributed by atoms with van der Waals surface area (Å²) in [6.07, 6.45) is 0. The molecule has 1 N–H and O–H groups in total. The number of fused-ring (bicyclic) bond motifs is 12. The second kappa shape index (κ2) is 9.93. The number of carbonyl (C=O) groups is 1. The van der Waals surface area contributed by atoms with Crippen molar-refractivity contribution in [3.63, 3.8) is 0 Å². The zero-order valence-corrected chi connectivity index (χ0v) is 29.8. The molecule has 0 unspecified atom stereocenters. The van der Waals surface area contributed by atoms with Crippen molar-refractivity contribution in [2.24, 2.45) is 4.99 Å². The molecule has 10 rings (SSSR count). The lowest BCUT2D eigenvalue weighted by atomic mass is 9.81. The first-order valence-electron chi connectivity index (χ1n) is 16.8. The van der Waals surface area contributed by atoms with Gasteiger partial charge in [0.25, 0.3) is 0 Å². The summed E-state index contributed by atoms with van der Waals surface area (Å²) in [5.41, 5.74) is 7.75. The maximum absolute atomic E-state index is 12.8. The summed E-state index contributed by atoms with van der Waals surface area (Å²) in [7, 11) is 2.15. The van der Waals surface area contributed by atoms with Crippen LogP contribution in [-0.4, -0.2) is 18.1 Å². The molecule has 3 aliphatic rings. The SMILES string of the molecule is CN1c2cc3c(cc2-c2sc4ccccc4c2C1(C)C)C(c1ccccc1C(=O)O)=c1cc2c(cc1O3)=NC(C)(C)c1c-2sc2ccccc12. The van der Waals surface area contributed by atoms with Crippen molar-refractivity contribution in [2.75, 3.05) is 11.9 Å². The molecule has 0 bridgehead atoms. The number of rotatable bonds is 2. The van der Waals surface area contributed by atoms with Gasteiger partial charge in [-0.3, -0.25) is 4.99 Å². The summed E-state index contributed by atoms with van der Waals surface area (Å²) < 4.78 is 9.37. The average molecular weight is 689 g/mol. The van der Waals surface area contributed by atoms with Gasteiger partial charge in [0.1, 0.15) is 11.5 Å². The number of carboxylic acid groups (broad SMARTS) is 1. The van der Waals surface area contributed by atoms with Crippen LogP contribution >= 0.6 is 22.7 Å². The summed E-state index contributed by atoms with van der Waals surface area (Å²) >= 11 is 3.61. The van der Waals surface area contributed by atoms with Gasteiger partial charge in [-0.1, -0.05) is 54.6 Å². The molecule has 0 saturated heterocycles. The van der Waals surface area contributed by atoms with Gasteiger partial charge in [0.2, 0.25) is 0 Å². The van der Waals surface area contributed by atoms with Gasteiger partial charge in [0.05, 0.1) is 22.0 Å². The van der Waals surface area contributed by atoms with Crippen LogP contribution in [0.15, 0.2) is 102 Å². The lowest BCUT2D eigenvalue weighted by molar-refractivity contribution is 0.0696. The summed E-state index contributed by atoms with van der Waals surface area (Å²) in [4.78, 5) is 22.9. The number of nitrogens with zero attached hydrogens (tertiary/aromatic N) is 2. The quantitative estimate of drug-likeness (QED) is 0.196. The lowest BCUT2D eigenvalue weighted by Gasteiger charge is -2.43. The predicted octanol–water partition coefficient (Wildman–Crippen LogP) is 10.1. The minimum Gasteiger partial charge on any atom is -0.478 e. The van der Waals surface area contributed by atoms with Gasteiger partial charge in [-0.05, 0) is 74.4 Å². The highest BCUT2D eigenvalue weighted by atomic mass is 32.1. The van der Waals surface area contributed by atoms with Crippen LogP contribution in [0.2, 0.25) is 0 Å². The van der Waals surface area contributed by atoms with E-state index in [1.165, 1.54) is 41.1 Å². The number of aromatic carboxylic acids is 1. The van der Waals surface area contributed by atoms with Crippen molar-refractivity contribution in [2.45, 2.75) is 38.8 Å². The van der Waals surface area contributed by atoms with E-state index >= 15 is 0 Å². The number of thiophene rings is 2. The molecule has 5 aromatic carbocycles. The second-order valence-electron chi connectivity index (χ2n) is 14.5. The topological polar surface area (TPSA) is 62.1 Å². The van der Waals surface area contributed by atoms with Crippen molar-refractivity contribution in [3.05, 3.63) is 135 Å². The van der Waals surface area contributed by atoms with Crippen LogP contribution in [0.5, 0.6) is 11.5 Å². The summed E-state index contributed by atoms with van der Waals surface area (Å²) in [6, 6.07) is 33.1. The number of ether oxygens (including phenoxy) is 1. The van der Waals surface area contributed by atoms with Gasteiger partial charge in [0, 0.05) is 82.6 Å². The van der Waals surface area contributed by atoms with Crippen LogP contribution in [0.1, 0.15) is 60.3 Å². The van der Waals surface area contributed by atoms with E-state index in [1.807, 2.05) is 23.5 Å². The highest BCUT2D eigenvalue weighted by Gasteiger charge is 2.40. The highest BCUT2D eigenvalue weighted by molar-refractivity contribution is 7.23. The van der Waals surface area contributed by atoms with E-state index in [1.54, 1.807) is 23.5 Å². The standard InChI is InChI=1S/C43H32N2O3S2/c1-42(2)37-24-14-8-10-16-34(24)49-39(37)26-18-28-32(20-30(26)44-42)48-33-21-31-27(19-29(33)36(28)22-12-6-7-13-23(22)41(46)47)40-38(43(3,4)45(31)5)25-15-9-11-17-35(25)50-40/h6-21H,1-5H3,(H,46,47). The number of hydrogen-bond donors (Lipinski definition) is 1. The molecule has 0 amide bonds. The normalized spacial score (nSPS) is 16.0. The predicted molar refractivity (Wildman–Crippen MR) is 205 cm³/mol. The van der Waals surface area contributed by atoms with Crippen LogP contribution in [0.25, 0.3) is 46.6 Å². The Balaban J connectivity index is 1.33. The first-order chi connectivity index (χ1) is 24.0. The van der Waals surface area contributed by atoms with Crippen LogP contribution in [-0.2, 0) is 11.1 Å². The third-order valence-corrected chi connectivity index (χ3v) is 13.3. The Morgan fingerprint density at radius 3 is 2.08 bits per heavy atom. The van der Waals surface area contributed by atoms with E-state index in [-0.39, 0.29) is 11.1 Å². The Morgan fingerprint density at radius 2 is 1.36 bits per heavy atom. The molecule has 0 saturated carbocycles. The molecule has 50 heavy (non-hydrogen) atoms. The molecule has 2 aromatic heterocycles. The molecule has 0 spiro atoms. The molecular formula is C43H32N2O3S2. The molecule has 5 nitrogen and oxygen atoms in total. The first kappa shape index (κ1) is 29.7. The third-order valence-electron chi connectivity index (χ3n) is 10.9. The van der Waals surface area contributed by atoms with Gasteiger partial charge in [-0.25, -0.2) is 4.79 Å². The molecular weight excluding hydrogens is 657 g/mol. The smallest absolute Gasteiger partial charge is 0.336 e. The fraction of sp³-hybridized carbons (Fsp3) is 0.163. The van der Waals surface area contributed by atoms with E-state index in [4.69, 9.17) is 9.73 Å². The van der Waals surface area contributed by atoms with Gasteiger partial charge in [0.15, 0.2) is 0 Å². The highest BCUT2D eigenvalue weighted by Crippen LogP contribution is 2.56. The zero-order valence-electron chi connectivity index (χ0n) is 28.2. The van der Waals surface area contributed by atoms with Gasteiger partial charge >= 0.3 is 5.97 Å². The van der Waals surface area contributed by atoms with Crippen molar-refractivity contribution in [3.8, 4) is 32.4 Å². The van der Waals surface area contributed by atoms with Crippen molar-refractivity contribution in [1.29, 1.82) is 0 Å².